The van der Waals surface area contributed by atoms with Gasteiger partial charge in [-0.15, -0.1) is 11.3 Å². The quantitative estimate of drug-likeness (QED) is 0.295. The molecule has 3 aromatic rings. The van der Waals surface area contributed by atoms with E-state index in [4.69, 9.17) is 21.1 Å². The molecule has 2 N–H and O–H groups in total. The van der Waals surface area contributed by atoms with Gasteiger partial charge in [-0.25, -0.2) is 10.4 Å². The number of nitro groups is 1. The summed E-state index contributed by atoms with van der Waals surface area (Å²) in [6, 6.07) is 8.32. The summed E-state index contributed by atoms with van der Waals surface area (Å²) in [6.07, 6.45) is 2.75. The number of carbonyl (C=O) groups is 1. The van der Waals surface area contributed by atoms with Crippen LogP contribution in [0.4, 0.5) is 5.69 Å². The van der Waals surface area contributed by atoms with Gasteiger partial charge in [-0.3, -0.25) is 14.9 Å². The van der Waals surface area contributed by atoms with Crippen molar-refractivity contribution in [3.8, 4) is 17.2 Å². The van der Waals surface area contributed by atoms with Crippen molar-refractivity contribution >= 4 is 40.7 Å². The van der Waals surface area contributed by atoms with Gasteiger partial charge in [0.2, 0.25) is 5.75 Å². The number of nitro benzene ring substituents is 1. The number of aromatic nitrogens is 1. The van der Waals surface area contributed by atoms with Crippen LogP contribution in [0.5, 0.6) is 17.2 Å². The molecule has 0 unspecified atom stereocenters. The number of nitrogens with one attached hydrogen (secondary N) is 1. The molecule has 3 rings (SSSR count). The lowest BCUT2D eigenvalue weighted by molar-refractivity contribution is -0.386. The third-order valence-corrected chi connectivity index (χ3v) is 4.96. The van der Waals surface area contributed by atoms with E-state index in [1.807, 2.05) is 0 Å². The van der Waals surface area contributed by atoms with Gasteiger partial charge in [0, 0.05) is 23.4 Å². The number of phenols is 1. The number of nitrogens with zero attached hydrogens (tertiary/aromatic N) is 3. The Labute approximate surface area is 184 Å². The van der Waals surface area contributed by atoms with Gasteiger partial charge >= 0.3 is 5.69 Å². The molecule has 10 nitrogen and oxygen atoms in total. The maximum atomic E-state index is 12.0. The molecule has 160 valence electrons. The number of phenolic OH excluding ortho intramolecular Hbond substituents is 1. The zero-order valence-electron chi connectivity index (χ0n) is 15.9. The van der Waals surface area contributed by atoms with E-state index in [0.29, 0.717) is 14.9 Å². The molecule has 1 heterocycles. The van der Waals surface area contributed by atoms with Crippen LogP contribution >= 0.6 is 22.9 Å². The second kappa shape index (κ2) is 9.87. The van der Waals surface area contributed by atoms with E-state index in [1.54, 1.807) is 0 Å². The smallest absolute Gasteiger partial charge is 0.315 e. The van der Waals surface area contributed by atoms with E-state index in [-0.39, 0.29) is 35.1 Å². The van der Waals surface area contributed by atoms with Crippen LogP contribution in [0.3, 0.4) is 0 Å². The predicted molar refractivity (Wildman–Crippen MR) is 114 cm³/mol. The number of carbonyl (C=O) groups excluding carboxylic acids is 1. The minimum Gasteiger partial charge on any atom is -0.508 e. The van der Waals surface area contributed by atoms with Crippen LogP contribution in [-0.2, 0) is 6.61 Å². The summed E-state index contributed by atoms with van der Waals surface area (Å²) in [6.45, 7) is 0.0255. The fraction of sp³-hybridized carbons (Fsp3) is 0.105. The number of hydrogen-bond acceptors (Lipinski definition) is 9. The average molecular weight is 463 g/mol. The summed E-state index contributed by atoms with van der Waals surface area (Å²) >= 11 is 6.98. The Bertz CT molecular complexity index is 1130. The molecule has 31 heavy (non-hydrogen) atoms. The Hall–Kier alpha value is -3.70. The van der Waals surface area contributed by atoms with E-state index < -0.39 is 10.8 Å². The predicted octanol–water partition coefficient (Wildman–Crippen LogP) is 3.76. The largest absolute Gasteiger partial charge is 0.508 e. The monoisotopic (exact) mass is 462 g/mol. The molecule has 0 radical (unpaired) electrons. The van der Waals surface area contributed by atoms with Crippen molar-refractivity contribution < 1.29 is 24.3 Å². The van der Waals surface area contributed by atoms with Gasteiger partial charge in [0.05, 0.1) is 23.1 Å². The van der Waals surface area contributed by atoms with E-state index >= 15 is 0 Å². The molecule has 1 aromatic heterocycles. The van der Waals surface area contributed by atoms with Crippen molar-refractivity contribution in [1.82, 2.24) is 10.4 Å². The zero-order chi connectivity index (χ0) is 22.4. The summed E-state index contributed by atoms with van der Waals surface area (Å²) in [5.41, 5.74) is 2.56. The van der Waals surface area contributed by atoms with Gasteiger partial charge < -0.3 is 14.6 Å². The lowest BCUT2D eigenvalue weighted by atomic mass is 10.2. The Morgan fingerprint density at radius 2 is 2.13 bits per heavy atom. The Balaban J connectivity index is 1.78. The molecule has 0 fully saturated rings. The van der Waals surface area contributed by atoms with Crippen molar-refractivity contribution in [2.24, 2.45) is 5.10 Å². The van der Waals surface area contributed by atoms with Gasteiger partial charge in [0.25, 0.3) is 5.91 Å². The number of ether oxygens (including phenoxy) is 2. The van der Waals surface area contributed by atoms with E-state index in [9.17, 15) is 20.0 Å². The van der Waals surface area contributed by atoms with Gasteiger partial charge in [0.1, 0.15) is 12.4 Å². The van der Waals surface area contributed by atoms with Crippen LogP contribution in [0.25, 0.3) is 0 Å². The Morgan fingerprint density at radius 1 is 1.39 bits per heavy atom. The van der Waals surface area contributed by atoms with E-state index in [2.05, 4.69) is 15.5 Å². The van der Waals surface area contributed by atoms with Crippen molar-refractivity contribution in [2.45, 2.75) is 6.61 Å². The van der Waals surface area contributed by atoms with Gasteiger partial charge in [-0.05, 0) is 30.3 Å². The summed E-state index contributed by atoms with van der Waals surface area (Å²) in [5, 5.41) is 24.6. The highest BCUT2D eigenvalue weighted by Gasteiger charge is 2.22. The molecular weight excluding hydrogens is 448 g/mol. The highest BCUT2D eigenvalue weighted by molar-refractivity contribution is 7.15. The normalized spacial score (nSPS) is 10.8. The average Bonchev–Trinajstić information content (AvgIpc) is 3.17. The van der Waals surface area contributed by atoms with Crippen LogP contribution in [0.1, 0.15) is 20.8 Å². The first-order valence-electron chi connectivity index (χ1n) is 8.59. The summed E-state index contributed by atoms with van der Waals surface area (Å²) in [4.78, 5) is 27.6. The number of halogens is 1. The first-order chi connectivity index (χ1) is 14.9. The number of amides is 1. The zero-order valence-corrected chi connectivity index (χ0v) is 17.5. The van der Waals surface area contributed by atoms with Gasteiger partial charge in [0.15, 0.2) is 10.2 Å². The highest BCUT2D eigenvalue weighted by atomic mass is 35.5. The fourth-order valence-corrected chi connectivity index (χ4v) is 3.34. The number of thiazole rings is 1. The molecular formula is C19H15ClN4O6S. The maximum Gasteiger partial charge on any atom is 0.315 e. The third kappa shape index (κ3) is 5.68. The molecule has 0 saturated carbocycles. The number of aromatic hydroxyl groups is 1. The van der Waals surface area contributed by atoms with Crippen LogP contribution in [0.2, 0.25) is 4.47 Å². The van der Waals surface area contributed by atoms with Crippen LogP contribution in [-0.4, -0.2) is 34.2 Å². The Kier molecular flexibility index (Phi) is 7.00. The lowest BCUT2D eigenvalue weighted by Crippen LogP contribution is -2.17. The minimum absolute atomic E-state index is 0.0255. The first-order valence-corrected chi connectivity index (χ1v) is 9.78. The van der Waals surface area contributed by atoms with Gasteiger partial charge in [-0.2, -0.15) is 5.10 Å². The molecule has 0 bridgehead atoms. The van der Waals surface area contributed by atoms with Crippen molar-refractivity contribution in [3.63, 3.8) is 0 Å². The minimum atomic E-state index is -0.607. The lowest BCUT2D eigenvalue weighted by Gasteiger charge is -2.11. The molecule has 1 amide bonds. The van der Waals surface area contributed by atoms with Crippen molar-refractivity contribution in [1.29, 1.82) is 0 Å². The van der Waals surface area contributed by atoms with Crippen LogP contribution in [0.15, 0.2) is 47.7 Å². The Morgan fingerprint density at radius 3 is 2.74 bits per heavy atom. The van der Waals surface area contributed by atoms with Crippen molar-refractivity contribution in [3.05, 3.63) is 73.2 Å². The summed E-state index contributed by atoms with van der Waals surface area (Å²) in [5.74, 6) is -0.417. The first kappa shape index (κ1) is 22.0. The van der Waals surface area contributed by atoms with Crippen LogP contribution in [0, 0.1) is 10.1 Å². The number of benzene rings is 2. The molecule has 12 heteroatoms. The second-order valence-corrected chi connectivity index (χ2v) is 7.64. The fourth-order valence-electron chi connectivity index (χ4n) is 2.45. The number of hydrogen-bond donors (Lipinski definition) is 2. The molecule has 0 aliphatic carbocycles. The molecule has 0 aliphatic rings. The highest BCUT2D eigenvalue weighted by Crippen LogP contribution is 2.38. The summed E-state index contributed by atoms with van der Waals surface area (Å²) < 4.78 is 11.2. The molecule has 0 spiro atoms. The topological polar surface area (TPSA) is 136 Å². The van der Waals surface area contributed by atoms with E-state index in [0.717, 1.165) is 0 Å². The molecule has 0 atom stereocenters. The number of hydrazone groups is 1. The SMILES string of the molecule is COc1cc(/C=N/NC(=O)c2ccc(O)cc2)cc([N+](=O)[O-])c1OCc1cnc(Cl)s1. The summed E-state index contributed by atoms with van der Waals surface area (Å²) in [7, 11) is 1.35. The maximum absolute atomic E-state index is 12.0. The van der Waals surface area contributed by atoms with Gasteiger partial charge in [-0.1, -0.05) is 11.6 Å². The number of rotatable bonds is 8. The molecule has 2 aromatic carbocycles. The standard InChI is InChI=1S/C19H15ClN4O6S/c1-29-16-7-11(8-22-23-18(26)12-2-4-13(25)5-3-12)6-15(24(27)28)17(16)30-10-14-9-21-19(20)31-14/h2-9,25H,10H2,1H3,(H,23,26)/b22-8+. The van der Waals surface area contributed by atoms with Crippen molar-refractivity contribution in [2.75, 3.05) is 7.11 Å². The van der Waals surface area contributed by atoms with Crippen LogP contribution < -0.4 is 14.9 Å². The molecule has 0 aliphatic heterocycles. The number of methoxy groups -OCH3 is 1. The third-order valence-electron chi connectivity index (χ3n) is 3.87. The second-order valence-electron chi connectivity index (χ2n) is 5.94. The van der Waals surface area contributed by atoms with E-state index in [1.165, 1.54) is 67.3 Å². The molecule has 0 saturated heterocycles.